The molecule has 2 heterocycles. The minimum absolute atomic E-state index is 0.0491. The van der Waals surface area contributed by atoms with Gasteiger partial charge in [-0.3, -0.25) is 5.32 Å². The Labute approximate surface area is 110 Å². The van der Waals surface area contributed by atoms with Crippen molar-refractivity contribution in [3.05, 3.63) is 22.8 Å². The number of nitrogens with zero attached hydrogens (tertiary/aromatic N) is 2. The van der Waals surface area contributed by atoms with Gasteiger partial charge in [-0.25, -0.2) is 9.78 Å². The summed E-state index contributed by atoms with van der Waals surface area (Å²) in [6, 6.07) is 3.92. The number of carbonyl (C=O) groups excluding carboxylic acids is 1. The molecule has 5 heteroatoms. The molecule has 2 rings (SSSR count). The van der Waals surface area contributed by atoms with Gasteiger partial charge in [-0.1, -0.05) is 0 Å². The first-order chi connectivity index (χ1) is 8.16. The third-order valence-electron chi connectivity index (χ3n) is 3.03. The van der Waals surface area contributed by atoms with Gasteiger partial charge in [-0.15, -0.1) is 0 Å². The Kier molecular flexibility index (Phi) is 3.99. The summed E-state index contributed by atoms with van der Waals surface area (Å²) < 4.78 is 0.904. The molecule has 1 N–H and O–H groups in total. The molecule has 0 saturated carbocycles. The van der Waals surface area contributed by atoms with Gasteiger partial charge in [0.15, 0.2) is 0 Å². The topological polar surface area (TPSA) is 45.2 Å². The first kappa shape index (κ1) is 12.4. The zero-order valence-corrected chi connectivity index (χ0v) is 11.4. The number of hydrogen-bond acceptors (Lipinski definition) is 2. The lowest BCUT2D eigenvalue weighted by molar-refractivity contribution is 0.170. The van der Waals surface area contributed by atoms with Crippen LogP contribution in [0.1, 0.15) is 26.2 Å². The highest BCUT2D eigenvalue weighted by Crippen LogP contribution is 2.18. The van der Waals surface area contributed by atoms with Crippen molar-refractivity contribution in [1.82, 2.24) is 9.88 Å². The molecular weight excluding hydrogens is 282 g/mol. The molecule has 1 aliphatic heterocycles. The Morgan fingerprint density at radius 1 is 1.53 bits per heavy atom. The second-order valence-electron chi connectivity index (χ2n) is 4.33. The van der Waals surface area contributed by atoms with Crippen molar-refractivity contribution < 1.29 is 4.79 Å². The molecule has 17 heavy (non-hydrogen) atoms. The van der Waals surface area contributed by atoms with E-state index in [1.54, 1.807) is 12.3 Å². The molecule has 92 valence electrons. The van der Waals surface area contributed by atoms with E-state index in [0.717, 1.165) is 23.9 Å². The fourth-order valence-corrected chi connectivity index (χ4v) is 2.27. The summed E-state index contributed by atoms with van der Waals surface area (Å²) in [7, 11) is 0. The van der Waals surface area contributed by atoms with Crippen molar-refractivity contribution in [3.8, 4) is 0 Å². The first-order valence-electron chi connectivity index (χ1n) is 5.86. The number of amides is 2. The molecule has 1 atom stereocenters. The summed E-state index contributed by atoms with van der Waals surface area (Å²) in [5.74, 6) is 0.593. The van der Waals surface area contributed by atoms with Gasteiger partial charge >= 0.3 is 6.03 Å². The van der Waals surface area contributed by atoms with Crippen molar-refractivity contribution in [2.45, 2.75) is 32.2 Å². The van der Waals surface area contributed by atoms with Gasteiger partial charge < -0.3 is 4.90 Å². The number of piperidine rings is 1. The van der Waals surface area contributed by atoms with Gasteiger partial charge in [0.25, 0.3) is 0 Å². The number of likely N-dealkylation sites (tertiary alicyclic amines) is 1. The minimum atomic E-state index is -0.0491. The van der Waals surface area contributed by atoms with Crippen molar-refractivity contribution in [1.29, 1.82) is 0 Å². The van der Waals surface area contributed by atoms with Crippen LogP contribution in [0.3, 0.4) is 0 Å². The Morgan fingerprint density at radius 2 is 2.35 bits per heavy atom. The van der Waals surface area contributed by atoms with E-state index >= 15 is 0 Å². The quantitative estimate of drug-likeness (QED) is 0.865. The zero-order chi connectivity index (χ0) is 12.3. The van der Waals surface area contributed by atoms with Crippen LogP contribution in [0.15, 0.2) is 22.8 Å². The highest BCUT2D eigenvalue weighted by molar-refractivity contribution is 9.10. The molecule has 1 aliphatic rings. The van der Waals surface area contributed by atoms with Crippen LogP contribution in [-0.2, 0) is 0 Å². The van der Waals surface area contributed by atoms with Crippen LogP contribution in [-0.4, -0.2) is 28.5 Å². The van der Waals surface area contributed by atoms with Crippen LogP contribution in [0.5, 0.6) is 0 Å². The van der Waals surface area contributed by atoms with Gasteiger partial charge in [0.2, 0.25) is 0 Å². The molecular formula is C12H16BrN3O. The average molecular weight is 298 g/mol. The van der Waals surface area contributed by atoms with E-state index in [1.807, 2.05) is 11.0 Å². The Balaban J connectivity index is 1.98. The molecule has 0 aromatic carbocycles. The molecule has 1 saturated heterocycles. The fraction of sp³-hybridized carbons (Fsp3) is 0.500. The predicted octanol–water partition coefficient (Wildman–Crippen LogP) is 3.25. The third kappa shape index (κ3) is 3.19. The fourth-order valence-electron chi connectivity index (χ4n) is 2.03. The van der Waals surface area contributed by atoms with E-state index in [-0.39, 0.29) is 6.03 Å². The molecule has 0 bridgehead atoms. The number of carbonyl (C=O) groups is 1. The molecule has 2 amide bonds. The highest BCUT2D eigenvalue weighted by atomic mass is 79.9. The smallest absolute Gasteiger partial charge is 0.322 e. The summed E-state index contributed by atoms with van der Waals surface area (Å²) >= 11 is 3.31. The second kappa shape index (κ2) is 5.49. The molecule has 0 aliphatic carbocycles. The van der Waals surface area contributed by atoms with Crippen LogP contribution < -0.4 is 5.32 Å². The van der Waals surface area contributed by atoms with Crippen LogP contribution in [0.4, 0.5) is 10.6 Å². The SMILES string of the molecule is CC1CCCCN1C(=O)Nc1ccc(Br)cn1. The lowest BCUT2D eigenvalue weighted by atomic mass is 10.0. The first-order valence-corrected chi connectivity index (χ1v) is 6.65. The number of aromatic nitrogens is 1. The summed E-state index contributed by atoms with van der Waals surface area (Å²) in [4.78, 5) is 18.0. The van der Waals surface area contributed by atoms with Gasteiger partial charge in [0, 0.05) is 23.3 Å². The maximum atomic E-state index is 12.0. The van der Waals surface area contributed by atoms with E-state index in [4.69, 9.17) is 0 Å². The van der Waals surface area contributed by atoms with E-state index < -0.39 is 0 Å². The van der Waals surface area contributed by atoms with Crippen LogP contribution in [0, 0.1) is 0 Å². The van der Waals surface area contributed by atoms with Crippen molar-refractivity contribution >= 4 is 27.8 Å². The van der Waals surface area contributed by atoms with E-state index in [0.29, 0.717) is 11.9 Å². The molecule has 1 unspecified atom stereocenters. The zero-order valence-electron chi connectivity index (χ0n) is 9.82. The molecule has 1 aromatic heterocycles. The molecule has 0 spiro atoms. The van der Waals surface area contributed by atoms with Crippen molar-refractivity contribution in [3.63, 3.8) is 0 Å². The molecule has 1 fully saturated rings. The van der Waals surface area contributed by atoms with Gasteiger partial charge in [0.1, 0.15) is 5.82 Å². The van der Waals surface area contributed by atoms with Crippen LogP contribution in [0.2, 0.25) is 0 Å². The number of halogens is 1. The second-order valence-corrected chi connectivity index (χ2v) is 5.25. The maximum absolute atomic E-state index is 12.0. The Hall–Kier alpha value is -1.10. The standard InChI is InChI=1S/C12H16BrN3O/c1-9-4-2-3-7-16(9)12(17)15-11-6-5-10(13)8-14-11/h5-6,8-9H,2-4,7H2,1H3,(H,14,15,17). The number of nitrogens with one attached hydrogen (secondary N) is 1. The molecule has 4 nitrogen and oxygen atoms in total. The number of hydrogen-bond donors (Lipinski definition) is 1. The minimum Gasteiger partial charge on any atom is -0.322 e. The monoisotopic (exact) mass is 297 g/mol. The van der Waals surface area contributed by atoms with Crippen molar-refractivity contribution in [2.75, 3.05) is 11.9 Å². The third-order valence-corrected chi connectivity index (χ3v) is 3.50. The lowest BCUT2D eigenvalue weighted by Gasteiger charge is -2.33. The van der Waals surface area contributed by atoms with Gasteiger partial charge in [0.05, 0.1) is 0 Å². The summed E-state index contributed by atoms with van der Waals surface area (Å²) in [6.07, 6.45) is 5.06. The Morgan fingerprint density at radius 3 is 3.00 bits per heavy atom. The average Bonchev–Trinajstić information content (AvgIpc) is 2.32. The van der Waals surface area contributed by atoms with E-state index in [2.05, 4.69) is 33.2 Å². The summed E-state index contributed by atoms with van der Waals surface area (Å²) in [5, 5.41) is 2.82. The van der Waals surface area contributed by atoms with E-state index in [1.165, 1.54) is 6.42 Å². The van der Waals surface area contributed by atoms with Crippen molar-refractivity contribution in [2.24, 2.45) is 0 Å². The van der Waals surface area contributed by atoms with Gasteiger partial charge in [-0.2, -0.15) is 0 Å². The lowest BCUT2D eigenvalue weighted by Crippen LogP contribution is -2.44. The number of rotatable bonds is 1. The number of urea groups is 1. The van der Waals surface area contributed by atoms with Crippen LogP contribution in [0.25, 0.3) is 0 Å². The summed E-state index contributed by atoms with van der Waals surface area (Å²) in [5.41, 5.74) is 0. The Bertz CT molecular complexity index is 393. The predicted molar refractivity (Wildman–Crippen MR) is 71.0 cm³/mol. The normalized spacial score (nSPS) is 20.1. The molecule has 1 aromatic rings. The van der Waals surface area contributed by atoms with Gasteiger partial charge in [-0.05, 0) is 54.2 Å². The number of anilines is 1. The van der Waals surface area contributed by atoms with E-state index in [9.17, 15) is 4.79 Å². The highest BCUT2D eigenvalue weighted by Gasteiger charge is 2.23. The molecule has 0 radical (unpaired) electrons. The maximum Gasteiger partial charge on any atom is 0.323 e. The largest absolute Gasteiger partial charge is 0.323 e. The number of pyridine rings is 1. The van der Waals surface area contributed by atoms with Crippen LogP contribution >= 0.6 is 15.9 Å². The summed E-state index contributed by atoms with van der Waals surface area (Å²) in [6.45, 7) is 2.93.